The van der Waals surface area contributed by atoms with E-state index in [1.807, 2.05) is 18.2 Å². The van der Waals surface area contributed by atoms with E-state index in [0.717, 1.165) is 45.3 Å². The maximum absolute atomic E-state index is 13.0. The van der Waals surface area contributed by atoms with Gasteiger partial charge >= 0.3 is 0 Å². The SMILES string of the molecule is CCN[C@@H](Cc1ccccc1)C(=O)N1CCC(Cc2ccccc2)CC1. The van der Waals surface area contributed by atoms with Gasteiger partial charge in [0.25, 0.3) is 0 Å². The summed E-state index contributed by atoms with van der Waals surface area (Å²) in [6, 6.07) is 20.9. The number of rotatable bonds is 7. The zero-order valence-corrected chi connectivity index (χ0v) is 15.7. The summed E-state index contributed by atoms with van der Waals surface area (Å²) in [7, 11) is 0. The van der Waals surface area contributed by atoms with Gasteiger partial charge in [0.15, 0.2) is 0 Å². The van der Waals surface area contributed by atoms with Crippen LogP contribution in [0.2, 0.25) is 0 Å². The molecule has 1 aliphatic rings. The molecule has 0 bridgehead atoms. The fraction of sp³-hybridized carbons (Fsp3) is 0.435. The molecule has 1 atom stereocenters. The highest BCUT2D eigenvalue weighted by Gasteiger charge is 2.28. The quantitative estimate of drug-likeness (QED) is 0.826. The molecule has 1 saturated heterocycles. The van der Waals surface area contributed by atoms with Crippen LogP contribution in [0.1, 0.15) is 30.9 Å². The third-order valence-electron chi connectivity index (χ3n) is 5.32. The number of piperidine rings is 1. The molecule has 0 spiro atoms. The van der Waals surface area contributed by atoms with Gasteiger partial charge in [-0.05, 0) is 49.3 Å². The van der Waals surface area contributed by atoms with Crippen molar-refractivity contribution in [2.75, 3.05) is 19.6 Å². The Labute approximate surface area is 157 Å². The van der Waals surface area contributed by atoms with Gasteiger partial charge in [-0.2, -0.15) is 0 Å². The van der Waals surface area contributed by atoms with E-state index in [2.05, 4.69) is 59.6 Å². The molecule has 138 valence electrons. The van der Waals surface area contributed by atoms with E-state index in [1.54, 1.807) is 0 Å². The second kappa shape index (κ2) is 9.54. The Bertz CT molecular complexity index is 663. The highest BCUT2D eigenvalue weighted by Crippen LogP contribution is 2.22. The van der Waals surface area contributed by atoms with Crippen LogP contribution in [-0.4, -0.2) is 36.5 Å². The molecule has 1 aliphatic heterocycles. The Kier molecular flexibility index (Phi) is 6.84. The molecule has 3 heteroatoms. The second-order valence-corrected chi connectivity index (χ2v) is 7.26. The molecule has 3 nitrogen and oxygen atoms in total. The van der Waals surface area contributed by atoms with Gasteiger partial charge in [0, 0.05) is 13.1 Å². The van der Waals surface area contributed by atoms with Crippen molar-refractivity contribution in [2.45, 2.75) is 38.6 Å². The highest BCUT2D eigenvalue weighted by atomic mass is 16.2. The zero-order chi connectivity index (χ0) is 18.2. The van der Waals surface area contributed by atoms with Gasteiger partial charge in [0.05, 0.1) is 6.04 Å². The molecule has 0 radical (unpaired) electrons. The van der Waals surface area contributed by atoms with Crippen LogP contribution in [-0.2, 0) is 17.6 Å². The summed E-state index contributed by atoms with van der Waals surface area (Å²) in [6.45, 7) is 4.64. The number of hydrogen-bond acceptors (Lipinski definition) is 2. The van der Waals surface area contributed by atoms with Gasteiger partial charge in [-0.25, -0.2) is 0 Å². The molecule has 2 aromatic rings. The molecule has 1 heterocycles. The lowest BCUT2D eigenvalue weighted by Crippen LogP contribution is -2.50. The maximum Gasteiger partial charge on any atom is 0.240 e. The van der Waals surface area contributed by atoms with Crippen LogP contribution in [0.5, 0.6) is 0 Å². The van der Waals surface area contributed by atoms with E-state index >= 15 is 0 Å². The summed E-state index contributed by atoms with van der Waals surface area (Å²) in [5.41, 5.74) is 2.62. The van der Waals surface area contributed by atoms with Crippen molar-refractivity contribution in [3.8, 4) is 0 Å². The van der Waals surface area contributed by atoms with Gasteiger partial charge in [0.1, 0.15) is 0 Å². The lowest BCUT2D eigenvalue weighted by Gasteiger charge is -2.34. The zero-order valence-electron chi connectivity index (χ0n) is 15.7. The lowest BCUT2D eigenvalue weighted by molar-refractivity contribution is -0.134. The Morgan fingerprint density at radius 3 is 2.15 bits per heavy atom. The first kappa shape index (κ1) is 18.7. The predicted molar refractivity (Wildman–Crippen MR) is 107 cm³/mol. The first-order chi connectivity index (χ1) is 12.8. The fourth-order valence-corrected chi connectivity index (χ4v) is 3.87. The van der Waals surface area contributed by atoms with Crippen molar-refractivity contribution in [2.24, 2.45) is 5.92 Å². The van der Waals surface area contributed by atoms with Crippen LogP contribution >= 0.6 is 0 Å². The number of carbonyl (C=O) groups is 1. The van der Waals surface area contributed by atoms with Crippen molar-refractivity contribution < 1.29 is 4.79 Å². The molecular weight excluding hydrogens is 320 g/mol. The average molecular weight is 351 g/mol. The van der Waals surface area contributed by atoms with E-state index < -0.39 is 0 Å². The Morgan fingerprint density at radius 1 is 1.00 bits per heavy atom. The number of likely N-dealkylation sites (N-methyl/N-ethyl adjacent to an activating group) is 1. The Balaban J connectivity index is 1.54. The summed E-state index contributed by atoms with van der Waals surface area (Å²) >= 11 is 0. The summed E-state index contributed by atoms with van der Waals surface area (Å²) in [5.74, 6) is 0.946. The van der Waals surface area contributed by atoms with Crippen LogP contribution in [0.3, 0.4) is 0 Å². The minimum atomic E-state index is -0.118. The molecule has 0 unspecified atom stereocenters. The normalized spacial score (nSPS) is 16.4. The molecule has 3 rings (SSSR count). The van der Waals surface area contributed by atoms with Crippen LogP contribution in [0, 0.1) is 5.92 Å². The molecule has 0 aliphatic carbocycles. The van der Waals surface area contributed by atoms with E-state index in [4.69, 9.17) is 0 Å². The van der Waals surface area contributed by atoms with Crippen molar-refractivity contribution >= 4 is 5.91 Å². The van der Waals surface area contributed by atoms with Crippen LogP contribution in [0.15, 0.2) is 60.7 Å². The van der Waals surface area contributed by atoms with E-state index in [-0.39, 0.29) is 11.9 Å². The number of nitrogens with zero attached hydrogens (tertiary/aromatic N) is 1. The van der Waals surface area contributed by atoms with Crippen molar-refractivity contribution in [1.29, 1.82) is 0 Å². The van der Waals surface area contributed by atoms with Crippen LogP contribution in [0.25, 0.3) is 0 Å². The van der Waals surface area contributed by atoms with Gasteiger partial charge < -0.3 is 10.2 Å². The summed E-state index contributed by atoms with van der Waals surface area (Å²) in [6.07, 6.45) is 4.09. The smallest absolute Gasteiger partial charge is 0.240 e. The molecule has 0 saturated carbocycles. The second-order valence-electron chi connectivity index (χ2n) is 7.26. The Hall–Kier alpha value is -2.13. The maximum atomic E-state index is 13.0. The molecule has 1 fully saturated rings. The fourth-order valence-electron chi connectivity index (χ4n) is 3.87. The van der Waals surface area contributed by atoms with Gasteiger partial charge in [-0.1, -0.05) is 67.6 Å². The van der Waals surface area contributed by atoms with Crippen LogP contribution in [0.4, 0.5) is 0 Å². The minimum Gasteiger partial charge on any atom is -0.341 e. The minimum absolute atomic E-state index is 0.118. The lowest BCUT2D eigenvalue weighted by atomic mass is 9.90. The van der Waals surface area contributed by atoms with Gasteiger partial charge in [-0.15, -0.1) is 0 Å². The van der Waals surface area contributed by atoms with Crippen molar-refractivity contribution in [3.63, 3.8) is 0 Å². The average Bonchev–Trinajstić information content (AvgIpc) is 2.69. The molecule has 0 aromatic heterocycles. The van der Waals surface area contributed by atoms with Crippen molar-refractivity contribution in [1.82, 2.24) is 10.2 Å². The number of nitrogens with one attached hydrogen (secondary N) is 1. The number of carbonyl (C=O) groups excluding carboxylic acids is 1. The third kappa shape index (κ3) is 5.18. The summed E-state index contributed by atoms with van der Waals surface area (Å²) < 4.78 is 0. The van der Waals surface area contributed by atoms with Gasteiger partial charge in [0.2, 0.25) is 5.91 Å². The number of likely N-dealkylation sites (tertiary alicyclic amines) is 1. The predicted octanol–water partition coefficient (Wildman–Crippen LogP) is 3.69. The Morgan fingerprint density at radius 2 is 1.58 bits per heavy atom. The molecule has 2 aromatic carbocycles. The summed E-state index contributed by atoms with van der Waals surface area (Å²) in [5, 5.41) is 3.39. The largest absolute Gasteiger partial charge is 0.341 e. The molecule has 1 amide bonds. The van der Waals surface area contributed by atoms with Crippen molar-refractivity contribution in [3.05, 3.63) is 71.8 Å². The van der Waals surface area contributed by atoms with E-state index in [1.165, 1.54) is 11.1 Å². The monoisotopic (exact) mass is 350 g/mol. The standard InChI is InChI=1S/C23H30N2O/c1-2-24-22(18-20-11-7-4-8-12-20)23(26)25-15-13-21(14-16-25)17-19-9-5-3-6-10-19/h3-12,21-22,24H,2,13-18H2,1H3/t22-/m0/s1. The number of benzene rings is 2. The number of amides is 1. The first-order valence-electron chi connectivity index (χ1n) is 9.86. The van der Waals surface area contributed by atoms with E-state index in [9.17, 15) is 4.79 Å². The summed E-state index contributed by atoms with van der Waals surface area (Å²) in [4.78, 5) is 15.1. The third-order valence-corrected chi connectivity index (χ3v) is 5.32. The first-order valence-corrected chi connectivity index (χ1v) is 9.86. The van der Waals surface area contributed by atoms with Crippen LogP contribution < -0.4 is 5.32 Å². The van der Waals surface area contributed by atoms with Gasteiger partial charge in [-0.3, -0.25) is 4.79 Å². The highest BCUT2D eigenvalue weighted by molar-refractivity contribution is 5.82. The van der Waals surface area contributed by atoms with E-state index in [0.29, 0.717) is 5.92 Å². The molecule has 1 N–H and O–H groups in total. The molecule has 26 heavy (non-hydrogen) atoms. The number of hydrogen-bond donors (Lipinski definition) is 1. The molecular formula is C23H30N2O. The topological polar surface area (TPSA) is 32.3 Å².